The summed E-state index contributed by atoms with van der Waals surface area (Å²) in [6, 6.07) is 0. The number of methoxy groups -OCH3 is 1. The molecule has 3 unspecified atom stereocenters. The fraction of sp³-hybridized carbons (Fsp3) is 0.867. The maximum Gasteiger partial charge on any atom is 0.313 e. The van der Waals surface area contributed by atoms with Gasteiger partial charge in [0.2, 0.25) is 0 Å². The number of carboxylic acids is 1. The van der Waals surface area contributed by atoms with E-state index >= 15 is 0 Å². The van der Waals surface area contributed by atoms with E-state index in [4.69, 9.17) is 14.5 Å². The van der Waals surface area contributed by atoms with E-state index in [1.54, 1.807) is 6.92 Å². The first-order chi connectivity index (χ1) is 9.94. The van der Waals surface area contributed by atoms with Crippen molar-refractivity contribution in [3.63, 3.8) is 0 Å². The van der Waals surface area contributed by atoms with Crippen LogP contribution in [0.3, 0.4) is 0 Å². The number of rotatable bonds is 8. The van der Waals surface area contributed by atoms with Crippen LogP contribution in [-0.4, -0.2) is 37.4 Å². The molecule has 122 valence electrons. The minimum absolute atomic E-state index is 0.0257. The summed E-state index contributed by atoms with van der Waals surface area (Å²) in [6.07, 6.45) is 4.07. The molecular formula is C15H26O6. The number of ether oxygens (including phenoxy) is 1. The Morgan fingerprint density at radius 2 is 1.90 bits per heavy atom. The molecule has 6 nitrogen and oxygen atoms in total. The third-order valence-corrected chi connectivity index (χ3v) is 4.43. The van der Waals surface area contributed by atoms with Crippen LogP contribution in [0.1, 0.15) is 46.0 Å². The molecule has 0 bridgehead atoms. The van der Waals surface area contributed by atoms with Gasteiger partial charge in [-0.05, 0) is 32.1 Å². The molecule has 0 saturated heterocycles. The Morgan fingerprint density at radius 1 is 1.24 bits per heavy atom. The van der Waals surface area contributed by atoms with Crippen LogP contribution in [0.5, 0.6) is 0 Å². The van der Waals surface area contributed by atoms with Gasteiger partial charge in [0, 0.05) is 0 Å². The fourth-order valence-electron chi connectivity index (χ4n) is 2.59. The van der Waals surface area contributed by atoms with Crippen molar-refractivity contribution < 1.29 is 29.2 Å². The summed E-state index contributed by atoms with van der Waals surface area (Å²) in [4.78, 5) is 33.2. The molecular weight excluding hydrogens is 276 g/mol. The van der Waals surface area contributed by atoms with E-state index in [0.717, 1.165) is 19.3 Å². The number of esters is 1. The van der Waals surface area contributed by atoms with Crippen molar-refractivity contribution in [2.45, 2.75) is 46.0 Å². The lowest BCUT2D eigenvalue weighted by atomic mass is 9.80. The van der Waals surface area contributed by atoms with Crippen molar-refractivity contribution >= 4 is 11.9 Å². The molecule has 1 saturated carbocycles. The molecule has 0 aliphatic heterocycles. The van der Waals surface area contributed by atoms with E-state index in [9.17, 15) is 14.7 Å². The van der Waals surface area contributed by atoms with Crippen molar-refractivity contribution in [3.05, 3.63) is 0 Å². The highest BCUT2D eigenvalue weighted by Crippen LogP contribution is 2.31. The van der Waals surface area contributed by atoms with E-state index in [1.165, 1.54) is 7.11 Å². The largest absolute Gasteiger partial charge is 0.481 e. The predicted octanol–water partition coefficient (Wildman–Crippen LogP) is 2.41. The normalized spacial score (nSPS) is 25.1. The van der Waals surface area contributed by atoms with Gasteiger partial charge in [-0.15, -0.1) is 0 Å². The third kappa shape index (κ3) is 4.97. The smallest absolute Gasteiger partial charge is 0.313 e. The maximum absolute atomic E-state index is 11.7. The van der Waals surface area contributed by atoms with Crippen LogP contribution >= 0.6 is 0 Å². The molecule has 0 radical (unpaired) electrons. The molecule has 0 heterocycles. The first-order valence-electron chi connectivity index (χ1n) is 7.50. The highest BCUT2D eigenvalue weighted by molar-refractivity contribution is 5.76. The van der Waals surface area contributed by atoms with Gasteiger partial charge in [0.15, 0.2) is 0 Å². The highest BCUT2D eigenvalue weighted by Gasteiger charge is 2.34. The highest BCUT2D eigenvalue weighted by atomic mass is 17.2. The minimum atomic E-state index is -0.767. The molecule has 1 fully saturated rings. The number of hydrogen-bond acceptors (Lipinski definition) is 5. The molecule has 0 aromatic heterocycles. The van der Waals surface area contributed by atoms with E-state index in [-0.39, 0.29) is 31.0 Å². The number of carbonyl (C=O) groups is 2. The van der Waals surface area contributed by atoms with Crippen molar-refractivity contribution in [2.75, 3.05) is 20.3 Å². The first kappa shape index (κ1) is 17.9. The van der Waals surface area contributed by atoms with E-state index in [2.05, 4.69) is 0 Å². The Morgan fingerprint density at radius 3 is 2.48 bits per heavy atom. The van der Waals surface area contributed by atoms with Gasteiger partial charge in [-0.25, -0.2) is 9.78 Å². The Balaban J connectivity index is 2.38. The summed E-state index contributed by atoms with van der Waals surface area (Å²) < 4.78 is 4.75. The molecule has 0 aromatic carbocycles. The van der Waals surface area contributed by atoms with Crippen molar-refractivity contribution in [1.82, 2.24) is 0 Å². The van der Waals surface area contributed by atoms with E-state index in [0.29, 0.717) is 12.8 Å². The number of hydrogen-bond donors (Lipinski definition) is 1. The Kier molecular flexibility index (Phi) is 7.11. The quantitative estimate of drug-likeness (QED) is 0.321. The lowest BCUT2D eigenvalue weighted by Gasteiger charge is -2.28. The van der Waals surface area contributed by atoms with Gasteiger partial charge in [-0.1, -0.05) is 19.8 Å². The third-order valence-electron chi connectivity index (χ3n) is 4.43. The standard InChI is InChI=1S/C15H26O6/c1-4-15(2,14(18)19-3)10-21-20-9-11-7-5-6-8-12(11)13(16)17/h11-12H,4-10H2,1-3H3,(H,16,17). The van der Waals surface area contributed by atoms with E-state index in [1.807, 2.05) is 6.92 Å². The topological polar surface area (TPSA) is 82.1 Å². The van der Waals surface area contributed by atoms with Crippen molar-refractivity contribution in [1.29, 1.82) is 0 Å². The fourth-order valence-corrected chi connectivity index (χ4v) is 2.59. The Labute approximate surface area is 125 Å². The van der Waals surface area contributed by atoms with Crippen LogP contribution in [-0.2, 0) is 24.1 Å². The molecule has 3 atom stereocenters. The minimum Gasteiger partial charge on any atom is -0.481 e. The molecule has 0 spiro atoms. The van der Waals surface area contributed by atoms with Crippen LogP contribution in [0.25, 0.3) is 0 Å². The van der Waals surface area contributed by atoms with Gasteiger partial charge in [0.05, 0.1) is 31.7 Å². The van der Waals surface area contributed by atoms with E-state index < -0.39 is 11.4 Å². The number of aliphatic carboxylic acids is 1. The summed E-state index contributed by atoms with van der Waals surface area (Å²) in [6.45, 7) is 3.98. The molecule has 21 heavy (non-hydrogen) atoms. The van der Waals surface area contributed by atoms with Gasteiger partial charge in [0.25, 0.3) is 0 Å². The zero-order valence-corrected chi connectivity index (χ0v) is 13.1. The maximum atomic E-state index is 11.7. The second kappa shape index (κ2) is 8.34. The van der Waals surface area contributed by atoms with Gasteiger partial charge < -0.3 is 9.84 Å². The molecule has 0 aromatic rings. The first-order valence-corrected chi connectivity index (χ1v) is 7.50. The Bertz CT molecular complexity index is 356. The summed E-state index contributed by atoms with van der Waals surface area (Å²) in [7, 11) is 1.34. The van der Waals surface area contributed by atoms with Crippen molar-refractivity contribution in [3.8, 4) is 0 Å². The van der Waals surface area contributed by atoms with Gasteiger partial charge in [0.1, 0.15) is 0 Å². The summed E-state index contributed by atoms with van der Waals surface area (Å²) >= 11 is 0. The Hall–Kier alpha value is -1.14. The summed E-state index contributed by atoms with van der Waals surface area (Å²) in [5, 5.41) is 9.18. The molecule has 0 amide bonds. The molecule has 1 aliphatic rings. The second-order valence-corrected chi connectivity index (χ2v) is 5.94. The number of carbonyl (C=O) groups excluding carboxylic acids is 1. The zero-order chi connectivity index (χ0) is 15.9. The van der Waals surface area contributed by atoms with Crippen LogP contribution in [0, 0.1) is 17.3 Å². The van der Waals surface area contributed by atoms with Gasteiger partial charge in [-0.3, -0.25) is 9.59 Å². The average Bonchev–Trinajstić information content (AvgIpc) is 2.50. The predicted molar refractivity (Wildman–Crippen MR) is 75.4 cm³/mol. The van der Waals surface area contributed by atoms with Gasteiger partial charge in [-0.2, -0.15) is 0 Å². The van der Waals surface area contributed by atoms with Crippen LogP contribution in [0.4, 0.5) is 0 Å². The van der Waals surface area contributed by atoms with Crippen LogP contribution < -0.4 is 0 Å². The second-order valence-electron chi connectivity index (χ2n) is 5.94. The van der Waals surface area contributed by atoms with Crippen molar-refractivity contribution in [2.24, 2.45) is 17.3 Å². The molecule has 6 heteroatoms. The van der Waals surface area contributed by atoms with Crippen LogP contribution in [0.2, 0.25) is 0 Å². The molecule has 1 aliphatic carbocycles. The lowest BCUT2D eigenvalue weighted by Crippen LogP contribution is -2.34. The monoisotopic (exact) mass is 302 g/mol. The average molecular weight is 302 g/mol. The summed E-state index contributed by atoms with van der Waals surface area (Å²) in [5.41, 5.74) is -0.743. The SMILES string of the molecule is CCC(C)(COOCC1CCCCC1C(=O)O)C(=O)OC. The molecule has 1 rings (SSSR count). The summed E-state index contributed by atoms with van der Waals surface area (Å²) in [5.74, 6) is -1.49. The van der Waals surface area contributed by atoms with Crippen LogP contribution in [0.15, 0.2) is 0 Å². The molecule has 1 N–H and O–H groups in total. The number of carboxylic acid groups (broad SMARTS) is 1. The zero-order valence-electron chi connectivity index (χ0n) is 13.1. The lowest BCUT2D eigenvalue weighted by molar-refractivity contribution is -0.316. The van der Waals surface area contributed by atoms with Gasteiger partial charge >= 0.3 is 11.9 Å².